The zero-order chi connectivity index (χ0) is 15.2. The highest BCUT2D eigenvalue weighted by molar-refractivity contribution is 5.94. The maximum absolute atomic E-state index is 12.2. The summed E-state index contributed by atoms with van der Waals surface area (Å²) in [6.45, 7) is 6.27. The second-order valence-electron chi connectivity index (χ2n) is 6.37. The molecule has 1 aliphatic carbocycles. The van der Waals surface area contributed by atoms with Crippen LogP contribution in [0.5, 0.6) is 0 Å². The molecule has 1 aromatic carbocycles. The number of carbonyl (C=O) groups is 1. The summed E-state index contributed by atoms with van der Waals surface area (Å²) in [5, 5.41) is 6.46. The molecule has 1 fully saturated rings. The van der Waals surface area contributed by atoms with Gasteiger partial charge in [0.2, 0.25) is 5.91 Å². The number of hydrogen-bond donors (Lipinski definition) is 2. The fourth-order valence-corrected chi connectivity index (χ4v) is 3.05. The van der Waals surface area contributed by atoms with Crippen LogP contribution in [0.25, 0.3) is 0 Å². The minimum Gasteiger partial charge on any atom is -0.325 e. The van der Waals surface area contributed by atoms with Gasteiger partial charge in [0.25, 0.3) is 0 Å². The Hall–Kier alpha value is -1.35. The average Bonchev–Trinajstić information content (AvgIpc) is 2.50. The molecule has 0 bridgehead atoms. The summed E-state index contributed by atoms with van der Waals surface area (Å²) >= 11 is 0. The summed E-state index contributed by atoms with van der Waals surface area (Å²) in [6.07, 6.45) is 6.26. The van der Waals surface area contributed by atoms with Crippen molar-refractivity contribution in [2.75, 3.05) is 5.32 Å². The van der Waals surface area contributed by atoms with Crippen LogP contribution in [0.1, 0.15) is 51.5 Å². The predicted molar refractivity (Wildman–Crippen MR) is 88.4 cm³/mol. The Labute approximate surface area is 128 Å². The largest absolute Gasteiger partial charge is 0.325 e. The van der Waals surface area contributed by atoms with Gasteiger partial charge < -0.3 is 10.6 Å². The SMILES string of the molecule is CCC1CCC(NC(C)C(=O)Nc2ccc(C)cc2)CC1. The van der Waals surface area contributed by atoms with E-state index in [4.69, 9.17) is 0 Å². The van der Waals surface area contributed by atoms with Crippen LogP contribution in [0.4, 0.5) is 5.69 Å². The lowest BCUT2D eigenvalue weighted by Crippen LogP contribution is -2.45. The Balaban J connectivity index is 1.78. The molecule has 0 aliphatic heterocycles. The summed E-state index contributed by atoms with van der Waals surface area (Å²) in [7, 11) is 0. The highest BCUT2D eigenvalue weighted by Gasteiger charge is 2.23. The second-order valence-corrected chi connectivity index (χ2v) is 6.37. The average molecular weight is 288 g/mol. The normalized spacial score (nSPS) is 23.6. The van der Waals surface area contributed by atoms with Crippen molar-refractivity contribution >= 4 is 11.6 Å². The number of benzene rings is 1. The van der Waals surface area contributed by atoms with E-state index in [1.54, 1.807) is 0 Å². The quantitative estimate of drug-likeness (QED) is 0.863. The van der Waals surface area contributed by atoms with Crippen molar-refractivity contribution in [1.82, 2.24) is 5.32 Å². The van der Waals surface area contributed by atoms with Crippen LogP contribution in [0.15, 0.2) is 24.3 Å². The van der Waals surface area contributed by atoms with Gasteiger partial charge in [-0.25, -0.2) is 0 Å². The zero-order valence-electron chi connectivity index (χ0n) is 13.5. The molecule has 1 unspecified atom stereocenters. The third kappa shape index (κ3) is 4.85. The van der Waals surface area contributed by atoms with Crippen molar-refractivity contribution in [3.8, 4) is 0 Å². The number of amides is 1. The first-order chi connectivity index (χ1) is 10.1. The van der Waals surface area contributed by atoms with E-state index < -0.39 is 0 Å². The molecule has 1 aliphatic rings. The van der Waals surface area contributed by atoms with Gasteiger partial charge in [-0.1, -0.05) is 31.0 Å². The van der Waals surface area contributed by atoms with Gasteiger partial charge in [0.1, 0.15) is 0 Å². The van der Waals surface area contributed by atoms with Crippen LogP contribution in [0.2, 0.25) is 0 Å². The van der Waals surface area contributed by atoms with Crippen LogP contribution in [0, 0.1) is 12.8 Å². The van der Waals surface area contributed by atoms with E-state index in [1.807, 2.05) is 38.1 Å². The molecule has 2 N–H and O–H groups in total. The number of nitrogens with one attached hydrogen (secondary N) is 2. The van der Waals surface area contributed by atoms with E-state index in [1.165, 1.54) is 37.7 Å². The van der Waals surface area contributed by atoms with Crippen molar-refractivity contribution in [1.29, 1.82) is 0 Å². The fraction of sp³-hybridized carbons (Fsp3) is 0.611. The van der Waals surface area contributed by atoms with Crippen LogP contribution in [-0.2, 0) is 4.79 Å². The molecule has 1 amide bonds. The zero-order valence-corrected chi connectivity index (χ0v) is 13.5. The minimum atomic E-state index is -0.144. The Kier molecular flexibility index (Phi) is 5.80. The van der Waals surface area contributed by atoms with Crippen LogP contribution >= 0.6 is 0 Å². The second kappa shape index (κ2) is 7.60. The molecule has 1 aromatic rings. The summed E-state index contributed by atoms with van der Waals surface area (Å²) in [4.78, 5) is 12.2. The van der Waals surface area contributed by atoms with Gasteiger partial charge in [0, 0.05) is 11.7 Å². The smallest absolute Gasteiger partial charge is 0.241 e. The molecule has 1 saturated carbocycles. The first kappa shape index (κ1) is 16.0. The monoisotopic (exact) mass is 288 g/mol. The fourth-order valence-electron chi connectivity index (χ4n) is 3.05. The summed E-state index contributed by atoms with van der Waals surface area (Å²) in [5.41, 5.74) is 2.07. The first-order valence-electron chi connectivity index (χ1n) is 8.22. The molecule has 21 heavy (non-hydrogen) atoms. The molecule has 116 valence electrons. The lowest BCUT2D eigenvalue weighted by molar-refractivity contribution is -0.118. The topological polar surface area (TPSA) is 41.1 Å². The third-order valence-corrected chi connectivity index (χ3v) is 4.62. The van der Waals surface area contributed by atoms with Gasteiger partial charge in [-0.2, -0.15) is 0 Å². The molecule has 3 heteroatoms. The van der Waals surface area contributed by atoms with E-state index in [2.05, 4.69) is 17.6 Å². The molecular weight excluding hydrogens is 260 g/mol. The van der Waals surface area contributed by atoms with E-state index in [0.29, 0.717) is 6.04 Å². The highest BCUT2D eigenvalue weighted by atomic mass is 16.2. The molecule has 3 nitrogen and oxygen atoms in total. The lowest BCUT2D eigenvalue weighted by atomic mass is 9.84. The van der Waals surface area contributed by atoms with Crippen molar-refractivity contribution in [3.05, 3.63) is 29.8 Å². The van der Waals surface area contributed by atoms with Crippen molar-refractivity contribution in [2.45, 2.75) is 65.0 Å². The molecule has 0 spiro atoms. The van der Waals surface area contributed by atoms with Crippen molar-refractivity contribution in [2.24, 2.45) is 5.92 Å². The van der Waals surface area contributed by atoms with Crippen molar-refractivity contribution in [3.63, 3.8) is 0 Å². The highest BCUT2D eigenvalue weighted by Crippen LogP contribution is 2.26. The number of anilines is 1. The summed E-state index contributed by atoms with van der Waals surface area (Å²) in [5.74, 6) is 0.941. The maximum Gasteiger partial charge on any atom is 0.241 e. The number of hydrogen-bond acceptors (Lipinski definition) is 2. The molecule has 0 saturated heterocycles. The molecule has 2 rings (SSSR count). The Morgan fingerprint density at radius 2 is 1.81 bits per heavy atom. The Bertz CT molecular complexity index is 447. The molecular formula is C18H28N2O. The maximum atomic E-state index is 12.2. The molecule has 1 atom stereocenters. The Morgan fingerprint density at radius 3 is 2.38 bits per heavy atom. The van der Waals surface area contributed by atoms with Crippen LogP contribution in [-0.4, -0.2) is 18.0 Å². The van der Waals surface area contributed by atoms with Gasteiger partial charge in [-0.05, 0) is 57.6 Å². The van der Waals surface area contributed by atoms with Gasteiger partial charge in [-0.15, -0.1) is 0 Å². The number of rotatable bonds is 5. The number of carbonyl (C=O) groups excluding carboxylic acids is 1. The Morgan fingerprint density at radius 1 is 1.19 bits per heavy atom. The van der Waals surface area contributed by atoms with E-state index >= 15 is 0 Å². The van der Waals surface area contributed by atoms with Crippen LogP contribution < -0.4 is 10.6 Å². The van der Waals surface area contributed by atoms with E-state index in [-0.39, 0.29) is 11.9 Å². The number of aryl methyl sites for hydroxylation is 1. The molecule has 0 aromatic heterocycles. The van der Waals surface area contributed by atoms with Gasteiger partial charge >= 0.3 is 0 Å². The lowest BCUT2D eigenvalue weighted by Gasteiger charge is -2.30. The molecule has 0 radical (unpaired) electrons. The van der Waals surface area contributed by atoms with E-state index in [0.717, 1.165) is 11.6 Å². The summed E-state index contributed by atoms with van der Waals surface area (Å²) < 4.78 is 0. The minimum absolute atomic E-state index is 0.0523. The van der Waals surface area contributed by atoms with Gasteiger partial charge in [0.05, 0.1) is 6.04 Å². The third-order valence-electron chi connectivity index (χ3n) is 4.62. The first-order valence-corrected chi connectivity index (χ1v) is 8.22. The van der Waals surface area contributed by atoms with Gasteiger partial charge in [0.15, 0.2) is 0 Å². The van der Waals surface area contributed by atoms with Crippen LogP contribution in [0.3, 0.4) is 0 Å². The standard InChI is InChI=1S/C18H28N2O/c1-4-15-7-11-16(12-8-15)19-14(3)18(21)20-17-9-5-13(2)6-10-17/h5-6,9-10,14-16,19H,4,7-8,11-12H2,1-3H3,(H,20,21). The summed E-state index contributed by atoms with van der Waals surface area (Å²) in [6, 6.07) is 8.28. The predicted octanol–water partition coefficient (Wildman–Crippen LogP) is 3.88. The van der Waals surface area contributed by atoms with E-state index in [9.17, 15) is 4.79 Å². The van der Waals surface area contributed by atoms with Crippen molar-refractivity contribution < 1.29 is 4.79 Å². The van der Waals surface area contributed by atoms with Gasteiger partial charge in [-0.3, -0.25) is 4.79 Å². The molecule has 0 heterocycles.